The van der Waals surface area contributed by atoms with Gasteiger partial charge in [0.25, 0.3) is 0 Å². The SMILES string of the molecule is C[C@@H]1CCC[C@H](C)N1C(=O)CN1CCN(S(=O)(=O)c2ccccc2)CC1. The number of amides is 1. The lowest BCUT2D eigenvalue weighted by atomic mass is 9.97. The molecule has 0 aliphatic carbocycles. The molecule has 26 heavy (non-hydrogen) atoms. The van der Waals surface area contributed by atoms with Gasteiger partial charge in [0.15, 0.2) is 0 Å². The molecular weight excluding hydrogens is 350 g/mol. The van der Waals surface area contributed by atoms with Crippen molar-refractivity contribution in [2.75, 3.05) is 32.7 Å². The highest BCUT2D eigenvalue weighted by Crippen LogP contribution is 2.23. The molecule has 0 aromatic heterocycles. The van der Waals surface area contributed by atoms with Crippen molar-refractivity contribution in [3.05, 3.63) is 30.3 Å². The van der Waals surface area contributed by atoms with E-state index in [1.54, 1.807) is 24.3 Å². The Balaban J connectivity index is 1.56. The number of hydrogen-bond donors (Lipinski definition) is 0. The summed E-state index contributed by atoms with van der Waals surface area (Å²) in [4.78, 5) is 17.2. The van der Waals surface area contributed by atoms with Gasteiger partial charge in [-0.25, -0.2) is 8.42 Å². The number of nitrogens with zero attached hydrogens (tertiary/aromatic N) is 3. The van der Waals surface area contributed by atoms with Crippen LogP contribution in [-0.2, 0) is 14.8 Å². The number of piperidine rings is 1. The third kappa shape index (κ3) is 4.10. The van der Waals surface area contributed by atoms with Crippen LogP contribution in [0.15, 0.2) is 35.2 Å². The van der Waals surface area contributed by atoms with Gasteiger partial charge in [-0.3, -0.25) is 9.69 Å². The van der Waals surface area contributed by atoms with Crippen LogP contribution in [0.2, 0.25) is 0 Å². The van der Waals surface area contributed by atoms with Crippen LogP contribution >= 0.6 is 0 Å². The van der Waals surface area contributed by atoms with Gasteiger partial charge in [-0.1, -0.05) is 18.2 Å². The van der Waals surface area contributed by atoms with Gasteiger partial charge in [-0.05, 0) is 45.2 Å². The molecule has 2 aliphatic rings. The van der Waals surface area contributed by atoms with E-state index in [0.717, 1.165) is 12.8 Å². The molecule has 2 aliphatic heterocycles. The Morgan fingerprint density at radius 2 is 1.58 bits per heavy atom. The van der Waals surface area contributed by atoms with Crippen molar-refractivity contribution in [1.82, 2.24) is 14.1 Å². The van der Waals surface area contributed by atoms with E-state index in [1.807, 2.05) is 11.0 Å². The van der Waals surface area contributed by atoms with E-state index in [1.165, 1.54) is 10.7 Å². The van der Waals surface area contributed by atoms with Crippen LogP contribution in [0.5, 0.6) is 0 Å². The zero-order valence-corrected chi connectivity index (χ0v) is 16.5. The van der Waals surface area contributed by atoms with Gasteiger partial charge in [-0.15, -0.1) is 0 Å². The maximum absolute atomic E-state index is 12.7. The highest BCUT2D eigenvalue weighted by Gasteiger charge is 2.32. The van der Waals surface area contributed by atoms with Crippen LogP contribution in [0.25, 0.3) is 0 Å². The highest BCUT2D eigenvalue weighted by atomic mass is 32.2. The molecule has 2 fully saturated rings. The normalized spacial score (nSPS) is 26.0. The maximum Gasteiger partial charge on any atom is 0.243 e. The van der Waals surface area contributed by atoms with Crippen molar-refractivity contribution in [1.29, 1.82) is 0 Å². The van der Waals surface area contributed by atoms with Gasteiger partial charge >= 0.3 is 0 Å². The van der Waals surface area contributed by atoms with Crippen LogP contribution in [0.3, 0.4) is 0 Å². The Hall–Kier alpha value is -1.44. The lowest BCUT2D eigenvalue weighted by Gasteiger charge is -2.41. The molecule has 1 amide bonds. The minimum absolute atomic E-state index is 0.170. The lowest BCUT2D eigenvalue weighted by molar-refractivity contribution is -0.138. The number of carbonyl (C=O) groups is 1. The molecule has 0 bridgehead atoms. The third-order valence-electron chi connectivity index (χ3n) is 5.55. The Bertz CT molecular complexity index is 705. The first kappa shape index (κ1) is 19.3. The van der Waals surface area contributed by atoms with Gasteiger partial charge < -0.3 is 4.90 Å². The van der Waals surface area contributed by atoms with Crippen molar-refractivity contribution in [2.24, 2.45) is 0 Å². The average Bonchev–Trinajstić information content (AvgIpc) is 2.63. The zero-order chi connectivity index (χ0) is 18.7. The smallest absolute Gasteiger partial charge is 0.243 e. The first-order valence-electron chi connectivity index (χ1n) is 9.48. The number of likely N-dealkylation sites (tertiary alicyclic amines) is 1. The number of benzene rings is 1. The lowest BCUT2D eigenvalue weighted by Crippen LogP contribution is -2.54. The zero-order valence-electron chi connectivity index (χ0n) is 15.7. The molecule has 0 spiro atoms. The largest absolute Gasteiger partial charge is 0.336 e. The predicted molar refractivity (Wildman–Crippen MR) is 101 cm³/mol. The van der Waals surface area contributed by atoms with Crippen LogP contribution in [0.4, 0.5) is 0 Å². The van der Waals surface area contributed by atoms with Gasteiger partial charge in [-0.2, -0.15) is 4.31 Å². The molecule has 3 rings (SSSR count). The second-order valence-corrected chi connectivity index (χ2v) is 9.36. The van der Waals surface area contributed by atoms with Crippen molar-refractivity contribution in [2.45, 2.75) is 50.1 Å². The van der Waals surface area contributed by atoms with E-state index in [4.69, 9.17) is 0 Å². The van der Waals surface area contributed by atoms with E-state index in [2.05, 4.69) is 18.7 Å². The standard InChI is InChI=1S/C19H29N3O3S/c1-16-7-6-8-17(2)22(16)19(23)15-20-11-13-21(14-12-20)26(24,25)18-9-4-3-5-10-18/h3-5,9-10,16-17H,6-8,11-15H2,1-2H3/t16-,17+. The topological polar surface area (TPSA) is 60.9 Å². The molecule has 0 saturated carbocycles. The highest BCUT2D eigenvalue weighted by molar-refractivity contribution is 7.89. The fraction of sp³-hybridized carbons (Fsp3) is 0.632. The number of hydrogen-bond acceptors (Lipinski definition) is 4. The number of piperazine rings is 1. The number of sulfonamides is 1. The van der Waals surface area contributed by atoms with E-state index in [0.29, 0.717) is 49.7 Å². The van der Waals surface area contributed by atoms with Crippen molar-refractivity contribution in [3.63, 3.8) is 0 Å². The second kappa shape index (κ2) is 8.06. The van der Waals surface area contributed by atoms with Crippen LogP contribution in [-0.4, -0.2) is 73.2 Å². The molecule has 0 radical (unpaired) electrons. The fourth-order valence-electron chi connectivity index (χ4n) is 4.06. The quantitative estimate of drug-likeness (QED) is 0.800. The van der Waals surface area contributed by atoms with E-state index in [-0.39, 0.29) is 5.91 Å². The van der Waals surface area contributed by atoms with Crippen molar-refractivity contribution in [3.8, 4) is 0 Å². The Labute approximate surface area is 156 Å². The first-order valence-corrected chi connectivity index (χ1v) is 10.9. The summed E-state index contributed by atoms with van der Waals surface area (Å²) in [6.07, 6.45) is 3.32. The summed E-state index contributed by atoms with van der Waals surface area (Å²) >= 11 is 0. The minimum Gasteiger partial charge on any atom is -0.336 e. The molecular formula is C19H29N3O3S. The van der Waals surface area contributed by atoms with Crippen molar-refractivity contribution >= 4 is 15.9 Å². The van der Waals surface area contributed by atoms with Gasteiger partial charge in [0, 0.05) is 38.3 Å². The third-order valence-corrected chi connectivity index (χ3v) is 7.47. The van der Waals surface area contributed by atoms with Crippen LogP contribution in [0, 0.1) is 0 Å². The van der Waals surface area contributed by atoms with Crippen LogP contribution in [0.1, 0.15) is 33.1 Å². The van der Waals surface area contributed by atoms with Gasteiger partial charge in [0.2, 0.25) is 15.9 Å². The van der Waals surface area contributed by atoms with Crippen LogP contribution < -0.4 is 0 Å². The summed E-state index contributed by atoms with van der Waals surface area (Å²) in [5, 5.41) is 0. The summed E-state index contributed by atoms with van der Waals surface area (Å²) in [5.41, 5.74) is 0. The molecule has 1 aromatic carbocycles. The van der Waals surface area contributed by atoms with E-state index >= 15 is 0 Å². The summed E-state index contributed by atoms with van der Waals surface area (Å²) in [6.45, 7) is 6.66. The first-order chi connectivity index (χ1) is 12.4. The summed E-state index contributed by atoms with van der Waals surface area (Å²) < 4.78 is 26.9. The summed E-state index contributed by atoms with van der Waals surface area (Å²) in [5.74, 6) is 0.170. The molecule has 2 heterocycles. The predicted octanol–water partition coefficient (Wildman–Crippen LogP) is 1.78. The summed E-state index contributed by atoms with van der Waals surface area (Å²) in [6, 6.07) is 9.14. The monoisotopic (exact) mass is 379 g/mol. The molecule has 0 N–H and O–H groups in total. The Morgan fingerprint density at radius 3 is 2.15 bits per heavy atom. The molecule has 7 heteroatoms. The molecule has 6 nitrogen and oxygen atoms in total. The molecule has 0 unspecified atom stereocenters. The minimum atomic E-state index is -3.44. The average molecular weight is 380 g/mol. The van der Waals surface area contributed by atoms with Crippen molar-refractivity contribution < 1.29 is 13.2 Å². The van der Waals surface area contributed by atoms with E-state index < -0.39 is 10.0 Å². The number of carbonyl (C=O) groups excluding carboxylic acids is 1. The Morgan fingerprint density at radius 1 is 1.00 bits per heavy atom. The van der Waals surface area contributed by atoms with Gasteiger partial charge in [0.05, 0.1) is 11.4 Å². The second-order valence-electron chi connectivity index (χ2n) is 7.42. The van der Waals surface area contributed by atoms with Gasteiger partial charge in [0.1, 0.15) is 0 Å². The molecule has 1 aromatic rings. The fourth-order valence-corrected chi connectivity index (χ4v) is 5.50. The number of rotatable bonds is 4. The molecule has 2 saturated heterocycles. The molecule has 144 valence electrons. The van der Waals surface area contributed by atoms with E-state index in [9.17, 15) is 13.2 Å². The maximum atomic E-state index is 12.7. The Kier molecular flexibility index (Phi) is 5.99. The summed E-state index contributed by atoms with van der Waals surface area (Å²) in [7, 11) is -3.44. The molecule has 2 atom stereocenters.